The molecule has 0 saturated heterocycles. The van der Waals surface area contributed by atoms with Gasteiger partial charge in [-0.3, -0.25) is 9.98 Å². The van der Waals surface area contributed by atoms with Gasteiger partial charge in [-0.05, 0) is 41.9 Å². The van der Waals surface area contributed by atoms with Crippen molar-refractivity contribution in [1.29, 1.82) is 0 Å². The maximum Gasteiger partial charge on any atom is 0.0506 e. The van der Waals surface area contributed by atoms with Gasteiger partial charge in [0.05, 0.1) is 6.04 Å². The number of hydrogen-bond donors (Lipinski definition) is 0. The Kier molecular flexibility index (Phi) is 5.97. The molecule has 0 spiro atoms. The number of nitrogens with zero attached hydrogens (tertiary/aromatic N) is 2. The molecule has 0 aromatic heterocycles. The molecular weight excluding hydrogens is 244 g/mol. The van der Waals surface area contributed by atoms with Gasteiger partial charge in [0.2, 0.25) is 0 Å². The van der Waals surface area contributed by atoms with E-state index < -0.39 is 0 Å². The van der Waals surface area contributed by atoms with Crippen LogP contribution in [0.15, 0.2) is 9.98 Å². The fraction of sp³-hybridized carbons (Fsp3) is 0.889. The summed E-state index contributed by atoms with van der Waals surface area (Å²) in [6.07, 6.45) is 7.86. The molecule has 2 heteroatoms. The van der Waals surface area contributed by atoms with Gasteiger partial charge in [-0.2, -0.15) is 0 Å². The molecule has 1 aliphatic carbocycles. The van der Waals surface area contributed by atoms with Crippen molar-refractivity contribution in [3.63, 3.8) is 0 Å². The first-order valence-corrected chi connectivity index (χ1v) is 8.15. The second-order valence-electron chi connectivity index (χ2n) is 8.49. The van der Waals surface area contributed by atoms with Crippen LogP contribution in [-0.2, 0) is 0 Å². The Morgan fingerprint density at radius 3 is 2.15 bits per heavy atom. The maximum atomic E-state index is 4.84. The molecular formula is C18H34N2. The normalized spacial score (nSPS) is 30.9. The van der Waals surface area contributed by atoms with Crippen molar-refractivity contribution in [2.45, 2.75) is 73.8 Å². The van der Waals surface area contributed by atoms with Gasteiger partial charge in [-0.15, -0.1) is 0 Å². The molecule has 116 valence electrons. The van der Waals surface area contributed by atoms with Crippen LogP contribution in [0.25, 0.3) is 0 Å². The zero-order valence-electron chi connectivity index (χ0n) is 14.6. The summed E-state index contributed by atoms with van der Waals surface area (Å²) < 4.78 is 0. The molecule has 1 fully saturated rings. The Bertz CT molecular complexity index is 352. The van der Waals surface area contributed by atoms with Crippen molar-refractivity contribution in [2.75, 3.05) is 6.54 Å². The lowest BCUT2D eigenvalue weighted by atomic mass is 9.63. The van der Waals surface area contributed by atoms with Crippen molar-refractivity contribution in [2.24, 2.45) is 32.7 Å². The minimum Gasteiger partial charge on any atom is -0.297 e. The Labute approximate surface area is 126 Å². The summed E-state index contributed by atoms with van der Waals surface area (Å²) in [5.41, 5.74) is 0.672. The van der Waals surface area contributed by atoms with Crippen molar-refractivity contribution in [1.82, 2.24) is 0 Å². The van der Waals surface area contributed by atoms with E-state index in [1.807, 2.05) is 0 Å². The highest BCUT2D eigenvalue weighted by molar-refractivity contribution is 5.60. The summed E-state index contributed by atoms with van der Waals surface area (Å²) >= 11 is 0. The molecule has 0 aliphatic heterocycles. The molecule has 2 unspecified atom stereocenters. The molecule has 0 radical (unpaired) electrons. The van der Waals surface area contributed by atoms with Crippen molar-refractivity contribution in [3.05, 3.63) is 0 Å². The Morgan fingerprint density at radius 2 is 1.60 bits per heavy atom. The number of aliphatic imine (C=N–C) groups is 2. The second-order valence-corrected chi connectivity index (χ2v) is 8.49. The number of rotatable bonds is 5. The predicted molar refractivity (Wildman–Crippen MR) is 91.1 cm³/mol. The summed E-state index contributed by atoms with van der Waals surface area (Å²) in [7, 11) is 0. The highest BCUT2D eigenvalue weighted by Crippen LogP contribution is 2.47. The highest BCUT2D eigenvalue weighted by Gasteiger charge is 2.40. The largest absolute Gasteiger partial charge is 0.297 e. The lowest BCUT2D eigenvalue weighted by molar-refractivity contribution is 0.0916. The van der Waals surface area contributed by atoms with Crippen LogP contribution in [0.4, 0.5) is 0 Å². The molecule has 1 rings (SSSR count). The van der Waals surface area contributed by atoms with Crippen molar-refractivity contribution >= 4 is 12.4 Å². The van der Waals surface area contributed by atoms with E-state index >= 15 is 0 Å². The average Bonchev–Trinajstić information content (AvgIpc) is 2.22. The summed E-state index contributed by atoms with van der Waals surface area (Å²) in [5, 5.41) is 0. The van der Waals surface area contributed by atoms with Crippen LogP contribution in [0.3, 0.4) is 0 Å². The molecule has 0 aromatic rings. The van der Waals surface area contributed by atoms with Gasteiger partial charge < -0.3 is 0 Å². The third-order valence-corrected chi connectivity index (χ3v) is 3.89. The Balaban J connectivity index is 2.75. The van der Waals surface area contributed by atoms with Gasteiger partial charge in [0.15, 0.2) is 0 Å². The van der Waals surface area contributed by atoms with E-state index in [1.165, 1.54) is 19.3 Å². The summed E-state index contributed by atoms with van der Waals surface area (Å²) in [6.45, 7) is 16.9. The maximum absolute atomic E-state index is 4.84. The van der Waals surface area contributed by atoms with Crippen LogP contribution in [-0.4, -0.2) is 25.0 Å². The minimum atomic E-state index is 0.298. The standard InChI is InChI=1S/C18H34N2/c1-14(2)10-19-13-18(7)9-16(20-11-15(3)4)8-17(5,6)12-18/h10-11,14-16H,8-9,12-13H2,1-7H3. The molecule has 0 amide bonds. The third kappa shape index (κ3) is 6.19. The Morgan fingerprint density at radius 1 is 1.00 bits per heavy atom. The zero-order chi connectivity index (χ0) is 15.4. The van der Waals surface area contributed by atoms with Crippen LogP contribution in [0.2, 0.25) is 0 Å². The molecule has 2 nitrogen and oxygen atoms in total. The van der Waals surface area contributed by atoms with Gasteiger partial charge in [0.1, 0.15) is 0 Å². The molecule has 20 heavy (non-hydrogen) atoms. The van der Waals surface area contributed by atoms with Crippen molar-refractivity contribution < 1.29 is 0 Å². The molecule has 0 aromatic carbocycles. The smallest absolute Gasteiger partial charge is 0.0506 e. The van der Waals surface area contributed by atoms with Crippen molar-refractivity contribution in [3.8, 4) is 0 Å². The monoisotopic (exact) mass is 278 g/mol. The topological polar surface area (TPSA) is 24.7 Å². The molecule has 1 saturated carbocycles. The van der Waals surface area contributed by atoms with E-state index in [0.29, 0.717) is 28.7 Å². The van der Waals surface area contributed by atoms with Gasteiger partial charge in [0, 0.05) is 19.0 Å². The van der Waals surface area contributed by atoms with Gasteiger partial charge in [0.25, 0.3) is 0 Å². The van der Waals surface area contributed by atoms with Crippen LogP contribution < -0.4 is 0 Å². The van der Waals surface area contributed by atoms with Crippen LogP contribution in [0, 0.1) is 22.7 Å². The van der Waals surface area contributed by atoms with Gasteiger partial charge >= 0.3 is 0 Å². The first kappa shape index (κ1) is 17.4. The lowest BCUT2D eigenvalue weighted by Gasteiger charge is -2.45. The fourth-order valence-electron chi connectivity index (χ4n) is 3.58. The molecule has 0 bridgehead atoms. The Hall–Kier alpha value is -0.660. The minimum absolute atomic E-state index is 0.298. The summed E-state index contributed by atoms with van der Waals surface area (Å²) in [4.78, 5) is 9.52. The lowest BCUT2D eigenvalue weighted by Crippen LogP contribution is -2.39. The summed E-state index contributed by atoms with van der Waals surface area (Å²) in [5.74, 6) is 1.09. The van der Waals surface area contributed by atoms with E-state index in [-0.39, 0.29) is 0 Å². The average molecular weight is 278 g/mol. The number of hydrogen-bond acceptors (Lipinski definition) is 2. The van der Waals surface area contributed by atoms with Crippen LogP contribution in [0.1, 0.15) is 67.7 Å². The van der Waals surface area contributed by atoms with E-state index in [0.717, 1.165) is 6.54 Å². The molecule has 0 heterocycles. The van der Waals surface area contributed by atoms with Gasteiger partial charge in [-0.1, -0.05) is 48.5 Å². The van der Waals surface area contributed by atoms with E-state index in [9.17, 15) is 0 Å². The molecule has 0 N–H and O–H groups in total. The van der Waals surface area contributed by atoms with Crippen LogP contribution in [0.5, 0.6) is 0 Å². The SMILES string of the molecule is CC(C)C=NCC1(C)CC(N=CC(C)C)CC(C)(C)C1. The van der Waals surface area contributed by atoms with E-state index in [4.69, 9.17) is 4.99 Å². The van der Waals surface area contributed by atoms with Crippen LogP contribution >= 0.6 is 0 Å². The molecule has 2 atom stereocenters. The predicted octanol–water partition coefficient (Wildman–Crippen LogP) is 5.03. The second kappa shape index (κ2) is 6.87. The first-order chi connectivity index (χ1) is 9.12. The fourth-order valence-corrected chi connectivity index (χ4v) is 3.58. The third-order valence-electron chi connectivity index (χ3n) is 3.89. The summed E-state index contributed by atoms with van der Waals surface area (Å²) in [6, 6.07) is 0.473. The van der Waals surface area contributed by atoms with E-state index in [1.54, 1.807) is 0 Å². The first-order valence-electron chi connectivity index (χ1n) is 8.15. The quantitative estimate of drug-likeness (QED) is 0.630. The highest BCUT2D eigenvalue weighted by atomic mass is 14.8. The zero-order valence-corrected chi connectivity index (χ0v) is 14.6. The van der Waals surface area contributed by atoms with Gasteiger partial charge in [-0.25, -0.2) is 0 Å². The van der Waals surface area contributed by atoms with E-state index in [2.05, 4.69) is 65.9 Å². The molecule has 1 aliphatic rings.